The summed E-state index contributed by atoms with van der Waals surface area (Å²) in [5.74, 6) is 0.714. The lowest BCUT2D eigenvalue weighted by Gasteiger charge is -2.45. The maximum atomic E-state index is 3.59. The van der Waals surface area contributed by atoms with Crippen LogP contribution in [0.1, 0.15) is 30.7 Å². The van der Waals surface area contributed by atoms with Gasteiger partial charge in [0.25, 0.3) is 0 Å². The first kappa shape index (κ1) is 10.6. The summed E-state index contributed by atoms with van der Waals surface area (Å²) in [7, 11) is 2.31. The van der Waals surface area contributed by atoms with Crippen molar-refractivity contribution in [3.8, 4) is 0 Å². The summed E-state index contributed by atoms with van der Waals surface area (Å²) in [5.41, 5.74) is 5.10. The van der Waals surface area contributed by atoms with Crippen molar-refractivity contribution in [1.82, 2.24) is 5.32 Å². The Morgan fingerprint density at radius 2 is 2.21 bits per heavy atom. The van der Waals surface area contributed by atoms with Crippen molar-refractivity contribution < 1.29 is 0 Å². The van der Waals surface area contributed by atoms with Gasteiger partial charge in [0, 0.05) is 32.1 Å². The van der Waals surface area contributed by atoms with E-state index in [0.29, 0.717) is 11.5 Å². The molecule has 19 heavy (non-hydrogen) atoms. The van der Waals surface area contributed by atoms with Gasteiger partial charge in [-0.25, -0.2) is 0 Å². The summed E-state index contributed by atoms with van der Waals surface area (Å²) in [6.45, 7) is 3.60. The zero-order chi connectivity index (χ0) is 12.6. The van der Waals surface area contributed by atoms with E-state index < -0.39 is 0 Å². The van der Waals surface area contributed by atoms with Crippen LogP contribution < -0.4 is 15.1 Å². The average Bonchev–Trinajstić information content (AvgIpc) is 3.16. The van der Waals surface area contributed by atoms with Crippen molar-refractivity contribution in [2.45, 2.75) is 36.8 Å². The van der Waals surface area contributed by atoms with Gasteiger partial charge < -0.3 is 15.1 Å². The summed E-state index contributed by atoms with van der Waals surface area (Å²) in [6.07, 6.45) is 4.05. The van der Waals surface area contributed by atoms with Gasteiger partial charge in [-0.2, -0.15) is 0 Å². The van der Waals surface area contributed by atoms with E-state index in [0.717, 1.165) is 12.6 Å². The van der Waals surface area contributed by atoms with Crippen LogP contribution in [0.25, 0.3) is 0 Å². The Labute approximate surface area is 114 Å². The molecule has 0 bridgehead atoms. The van der Waals surface area contributed by atoms with E-state index in [9.17, 15) is 0 Å². The smallest absolute Gasteiger partial charge is 0.0644 e. The first-order chi connectivity index (χ1) is 9.30. The molecule has 0 amide bonds. The van der Waals surface area contributed by atoms with Gasteiger partial charge in [0.15, 0.2) is 0 Å². The summed E-state index contributed by atoms with van der Waals surface area (Å²) >= 11 is 0. The zero-order valence-corrected chi connectivity index (χ0v) is 11.5. The van der Waals surface area contributed by atoms with Crippen LogP contribution in [0.15, 0.2) is 18.2 Å². The molecule has 0 aromatic heterocycles. The fourth-order valence-electron chi connectivity index (χ4n) is 4.65. The van der Waals surface area contributed by atoms with Gasteiger partial charge in [-0.15, -0.1) is 0 Å². The maximum Gasteiger partial charge on any atom is 0.0644 e. The molecule has 3 heteroatoms. The normalized spacial score (nSPS) is 33.3. The van der Waals surface area contributed by atoms with Crippen molar-refractivity contribution in [3.05, 3.63) is 23.8 Å². The predicted octanol–water partition coefficient (Wildman–Crippen LogP) is 1.93. The molecular weight excluding hydrogens is 234 g/mol. The number of rotatable bonds is 0. The molecule has 5 rings (SSSR count). The minimum Gasteiger partial charge on any atom is -0.365 e. The third kappa shape index (κ3) is 1.18. The third-order valence-corrected chi connectivity index (χ3v) is 5.94. The Morgan fingerprint density at radius 1 is 1.32 bits per heavy atom. The van der Waals surface area contributed by atoms with Crippen molar-refractivity contribution >= 4 is 11.4 Å². The highest BCUT2D eigenvalue weighted by molar-refractivity contribution is 5.82. The fraction of sp³-hybridized carbons (Fsp3) is 0.625. The lowest BCUT2D eigenvalue weighted by Crippen LogP contribution is -2.53. The van der Waals surface area contributed by atoms with Crippen molar-refractivity contribution in [2.75, 3.05) is 36.5 Å². The second-order valence-corrected chi connectivity index (χ2v) is 6.79. The second-order valence-electron chi connectivity index (χ2n) is 6.79. The Bertz CT molecular complexity index is 549. The quantitative estimate of drug-likeness (QED) is 0.764. The van der Waals surface area contributed by atoms with Gasteiger partial charge in [0.2, 0.25) is 0 Å². The van der Waals surface area contributed by atoms with Gasteiger partial charge >= 0.3 is 0 Å². The number of likely N-dealkylation sites (N-methyl/N-ethyl adjacent to an activating group) is 1. The van der Waals surface area contributed by atoms with E-state index in [2.05, 4.69) is 40.4 Å². The molecule has 1 aromatic carbocycles. The standard InChI is InChI=1S/C16H21N3/c1-18-14-4-2-3-11-12-9-17-8-5-13(12)19(15(11)14)10-16(18)6-7-16/h2-4,12-13,17H,5-10H2,1H3. The minimum absolute atomic E-state index is 0.464. The van der Waals surface area contributed by atoms with E-state index in [1.165, 1.54) is 38.0 Å². The van der Waals surface area contributed by atoms with E-state index in [1.807, 2.05) is 0 Å². The first-order valence-corrected chi connectivity index (χ1v) is 7.64. The summed E-state index contributed by atoms with van der Waals surface area (Å²) in [4.78, 5) is 5.34. The number of hydrogen-bond acceptors (Lipinski definition) is 3. The maximum absolute atomic E-state index is 3.59. The van der Waals surface area contributed by atoms with Gasteiger partial charge in [-0.3, -0.25) is 0 Å². The van der Waals surface area contributed by atoms with Gasteiger partial charge in [-0.05, 0) is 37.4 Å². The summed E-state index contributed by atoms with van der Waals surface area (Å²) in [6, 6.07) is 7.71. The third-order valence-electron chi connectivity index (χ3n) is 5.94. The molecule has 0 radical (unpaired) electrons. The van der Waals surface area contributed by atoms with Crippen LogP contribution in [0.5, 0.6) is 0 Å². The average molecular weight is 255 g/mol. The van der Waals surface area contributed by atoms with Gasteiger partial charge in [-0.1, -0.05) is 12.1 Å². The highest BCUT2D eigenvalue weighted by atomic mass is 15.4. The topological polar surface area (TPSA) is 18.5 Å². The van der Waals surface area contributed by atoms with Crippen LogP contribution in [0.4, 0.5) is 11.4 Å². The van der Waals surface area contributed by atoms with E-state index in [1.54, 1.807) is 11.3 Å². The molecule has 1 spiro atoms. The number of hydrogen-bond donors (Lipinski definition) is 1. The van der Waals surface area contributed by atoms with Crippen LogP contribution in [-0.4, -0.2) is 38.3 Å². The largest absolute Gasteiger partial charge is 0.365 e. The van der Waals surface area contributed by atoms with Crippen LogP contribution in [-0.2, 0) is 0 Å². The second kappa shape index (κ2) is 3.26. The molecule has 1 saturated carbocycles. The Balaban J connectivity index is 1.71. The Kier molecular flexibility index (Phi) is 1.81. The number of para-hydroxylation sites is 1. The van der Waals surface area contributed by atoms with Crippen LogP contribution in [0.2, 0.25) is 0 Å². The zero-order valence-electron chi connectivity index (χ0n) is 11.5. The number of anilines is 2. The van der Waals surface area contributed by atoms with E-state index >= 15 is 0 Å². The van der Waals surface area contributed by atoms with Crippen LogP contribution >= 0.6 is 0 Å². The molecule has 4 aliphatic rings. The molecule has 100 valence electrons. The van der Waals surface area contributed by atoms with E-state index in [-0.39, 0.29) is 0 Å². The van der Waals surface area contributed by atoms with Gasteiger partial charge in [0.1, 0.15) is 0 Å². The number of piperidine rings is 1. The first-order valence-electron chi connectivity index (χ1n) is 7.64. The minimum atomic E-state index is 0.464. The SMILES string of the molecule is CN1c2cccc3c2N(CC12CC2)C1CCNCC31. The van der Waals surface area contributed by atoms with Crippen molar-refractivity contribution in [3.63, 3.8) is 0 Å². The molecule has 2 fully saturated rings. The Morgan fingerprint density at radius 3 is 3.05 bits per heavy atom. The van der Waals surface area contributed by atoms with E-state index in [4.69, 9.17) is 0 Å². The van der Waals surface area contributed by atoms with Crippen LogP contribution in [0, 0.1) is 0 Å². The van der Waals surface area contributed by atoms with Crippen LogP contribution in [0.3, 0.4) is 0 Å². The highest BCUT2D eigenvalue weighted by Gasteiger charge is 2.55. The molecule has 1 saturated heterocycles. The lowest BCUT2D eigenvalue weighted by atomic mass is 9.90. The molecule has 2 unspecified atom stereocenters. The molecule has 1 aromatic rings. The molecule has 3 aliphatic heterocycles. The summed E-state index contributed by atoms with van der Waals surface area (Å²) < 4.78 is 0. The summed E-state index contributed by atoms with van der Waals surface area (Å²) in [5, 5.41) is 3.59. The number of benzene rings is 1. The molecule has 1 aliphatic carbocycles. The highest BCUT2D eigenvalue weighted by Crippen LogP contribution is 2.57. The lowest BCUT2D eigenvalue weighted by molar-refractivity contribution is 0.390. The number of fused-ring (bicyclic) bond motifs is 3. The Hall–Kier alpha value is -1.22. The number of nitrogens with zero attached hydrogens (tertiary/aromatic N) is 2. The molecule has 2 atom stereocenters. The van der Waals surface area contributed by atoms with Gasteiger partial charge in [0.05, 0.1) is 16.9 Å². The molecular formula is C16H21N3. The number of nitrogens with one attached hydrogen (secondary N) is 1. The molecule has 3 nitrogen and oxygen atoms in total. The fourth-order valence-corrected chi connectivity index (χ4v) is 4.65. The van der Waals surface area contributed by atoms with Crippen molar-refractivity contribution in [2.24, 2.45) is 0 Å². The molecule has 1 N–H and O–H groups in total. The predicted molar refractivity (Wildman–Crippen MR) is 78.2 cm³/mol. The monoisotopic (exact) mass is 255 g/mol. The molecule has 3 heterocycles. The van der Waals surface area contributed by atoms with Crippen molar-refractivity contribution in [1.29, 1.82) is 0 Å².